The number of hydrogen-bond acceptors (Lipinski definition) is 4. The maximum Gasteiger partial charge on any atom is 0.154 e. The van der Waals surface area contributed by atoms with Crippen LogP contribution in [0.2, 0.25) is 0 Å². The fourth-order valence-electron chi connectivity index (χ4n) is 3.90. The van der Waals surface area contributed by atoms with Gasteiger partial charge in [0.2, 0.25) is 0 Å². The molecule has 4 heteroatoms. The van der Waals surface area contributed by atoms with Crippen molar-refractivity contribution in [2.24, 2.45) is 23.7 Å². The van der Waals surface area contributed by atoms with Gasteiger partial charge in [0.05, 0.1) is 13.2 Å². The minimum Gasteiger partial charge on any atom is -0.353 e. The van der Waals surface area contributed by atoms with Crippen LogP contribution in [0.4, 0.5) is 0 Å². The van der Waals surface area contributed by atoms with Gasteiger partial charge in [-0.15, -0.1) is 0 Å². The molecule has 2 aliphatic rings. The van der Waals surface area contributed by atoms with E-state index in [-0.39, 0.29) is 12.6 Å². The number of fused-ring (bicyclic) bond motifs is 2. The van der Waals surface area contributed by atoms with Crippen LogP contribution in [0.5, 0.6) is 0 Å². The lowest BCUT2D eigenvalue weighted by Crippen LogP contribution is -2.31. The zero-order valence-electron chi connectivity index (χ0n) is 16.6. The van der Waals surface area contributed by atoms with Gasteiger partial charge in [0.15, 0.2) is 12.6 Å². The van der Waals surface area contributed by atoms with E-state index in [2.05, 4.69) is 26.0 Å². The predicted molar refractivity (Wildman–Crippen MR) is 100 cm³/mol. The molecular weight excluding hydrogens is 316 g/mol. The first-order valence-electron chi connectivity index (χ1n) is 10.3. The summed E-state index contributed by atoms with van der Waals surface area (Å²) in [5.74, 6) is 2.35. The Balaban J connectivity index is 1.72. The highest BCUT2D eigenvalue weighted by molar-refractivity contribution is 5.13. The molecule has 0 spiro atoms. The summed E-state index contributed by atoms with van der Waals surface area (Å²) in [5.41, 5.74) is 0. The number of unbranched alkanes of at least 4 members (excludes halogenated alkanes) is 2. The number of hydrogen-bond donors (Lipinski definition) is 0. The minimum absolute atomic E-state index is 0.118. The Bertz CT molecular complexity index is 350. The van der Waals surface area contributed by atoms with Crippen LogP contribution in [-0.2, 0) is 18.9 Å². The van der Waals surface area contributed by atoms with Crippen molar-refractivity contribution < 1.29 is 18.9 Å². The minimum atomic E-state index is -0.118. The van der Waals surface area contributed by atoms with Crippen LogP contribution in [0.1, 0.15) is 59.8 Å². The average molecular weight is 355 g/mol. The normalized spacial score (nSPS) is 30.1. The molecule has 0 amide bonds. The molecule has 1 saturated carbocycles. The molecule has 1 fully saturated rings. The van der Waals surface area contributed by atoms with Gasteiger partial charge in [-0.2, -0.15) is 0 Å². The molecule has 2 aliphatic carbocycles. The van der Waals surface area contributed by atoms with E-state index < -0.39 is 0 Å². The van der Waals surface area contributed by atoms with Crippen molar-refractivity contribution >= 4 is 0 Å². The highest BCUT2D eigenvalue weighted by Crippen LogP contribution is 2.48. The Kier molecular flexibility index (Phi) is 9.46. The van der Waals surface area contributed by atoms with Gasteiger partial charge in [-0.05, 0) is 56.8 Å². The van der Waals surface area contributed by atoms with Crippen LogP contribution in [0.15, 0.2) is 12.2 Å². The van der Waals surface area contributed by atoms with Crippen molar-refractivity contribution in [3.63, 3.8) is 0 Å². The Morgan fingerprint density at radius 1 is 0.760 bits per heavy atom. The van der Waals surface area contributed by atoms with Gasteiger partial charge in [0, 0.05) is 13.2 Å². The van der Waals surface area contributed by atoms with Gasteiger partial charge < -0.3 is 18.9 Å². The second-order valence-electron chi connectivity index (χ2n) is 7.53. The topological polar surface area (TPSA) is 36.9 Å². The number of rotatable bonds is 14. The van der Waals surface area contributed by atoms with Crippen LogP contribution in [0.3, 0.4) is 0 Å². The van der Waals surface area contributed by atoms with E-state index in [1.165, 1.54) is 6.42 Å². The zero-order valence-corrected chi connectivity index (χ0v) is 16.6. The maximum atomic E-state index is 6.00. The van der Waals surface area contributed by atoms with Crippen LogP contribution < -0.4 is 0 Å². The van der Waals surface area contributed by atoms with E-state index in [1.807, 2.05) is 13.8 Å². The van der Waals surface area contributed by atoms with Gasteiger partial charge in [-0.25, -0.2) is 0 Å². The zero-order chi connectivity index (χ0) is 18.1. The molecular formula is C21H38O4. The molecule has 146 valence electrons. The summed E-state index contributed by atoms with van der Waals surface area (Å²) in [7, 11) is 0. The monoisotopic (exact) mass is 354 g/mol. The van der Waals surface area contributed by atoms with Crippen molar-refractivity contribution in [2.75, 3.05) is 26.4 Å². The molecule has 0 N–H and O–H groups in total. The molecule has 0 aromatic heterocycles. The third kappa shape index (κ3) is 6.67. The Hall–Kier alpha value is -0.420. The summed E-state index contributed by atoms with van der Waals surface area (Å²) >= 11 is 0. The summed E-state index contributed by atoms with van der Waals surface area (Å²) in [4.78, 5) is 0. The lowest BCUT2D eigenvalue weighted by Gasteiger charge is -2.29. The number of allylic oxidation sites excluding steroid dienone is 2. The largest absolute Gasteiger partial charge is 0.353 e. The fraction of sp³-hybridized carbons (Fsp3) is 0.905. The lowest BCUT2D eigenvalue weighted by molar-refractivity contribution is -0.159. The molecule has 2 rings (SSSR count). The van der Waals surface area contributed by atoms with E-state index in [0.29, 0.717) is 23.7 Å². The van der Waals surface area contributed by atoms with E-state index >= 15 is 0 Å². The van der Waals surface area contributed by atoms with Gasteiger partial charge >= 0.3 is 0 Å². The molecule has 0 radical (unpaired) electrons. The SMILES string of the molecule is CCCCOC(C)OCC1C2C=CC(C2)C1COC(C)OCCCC. The van der Waals surface area contributed by atoms with Crippen LogP contribution in [-0.4, -0.2) is 39.0 Å². The van der Waals surface area contributed by atoms with Crippen molar-refractivity contribution in [1.29, 1.82) is 0 Å². The molecule has 25 heavy (non-hydrogen) atoms. The van der Waals surface area contributed by atoms with Crippen LogP contribution >= 0.6 is 0 Å². The van der Waals surface area contributed by atoms with E-state index in [9.17, 15) is 0 Å². The Labute approximate surface area is 154 Å². The second kappa shape index (κ2) is 11.3. The number of ether oxygens (including phenoxy) is 4. The van der Waals surface area contributed by atoms with E-state index in [4.69, 9.17) is 18.9 Å². The van der Waals surface area contributed by atoms with Crippen molar-refractivity contribution in [3.05, 3.63) is 12.2 Å². The van der Waals surface area contributed by atoms with E-state index in [1.54, 1.807) is 0 Å². The quantitative estimate of drug-likeness (QED) is 0.255. The third-order valence-corrected chi connectivity index (χ3v) is 5.55. The van der Waals surface area contributed by atoms with Gasteiger partial charge in [0.1, 0.15) is 0 Å². The predicted octanol–water partition coefficient (Wildman–Crippen LogP) is 4.78. The summed E-state index contributed by atoms with van der Waals surface area (Å²) in [5, 5.41) is 0. The Morgan fingerprint density at radius 2 is 1.20 bits per heavy atom. The first kappa shape index (κ1) is 20.9. The molecule has 2 bridgehead atoms. The highest BCUT2D eigenvalue weighted by Gasteiger charge is 2.44. The van der Waals surface area contributed by atoms with Gasteiger partial charge in [-0.3, -0.25) is 0 Å². The maximum absolute atomic E-state index is 6.00. The van der Waals surface area contributed by atoms with Crippen molar-refractivity contribution in [1.82, 2.24) is 0 Å². The van der Waals surface area contributed by atoms with Gasteiger partial charge in [0.25, 0.3) is 0 Å². The summed E-state index contributed by atoms with van der Waals surface area (Å²) < 4.78 is 23.4. The molecule has 0 saturated heterocycles. The summed E-state index contributed by atoms with van der Waals surface area (Å²) in [6.45, 7) is 11.5. The van der Waals surface area contributed by atoms with Crippen LogP contribution in [0, 0.1) is 23.7 Å². The first-order chi connectivity index (χ1) is 12.2. The molecule has 4 nitrogen and oxygen atoms in total. The molecule has 0 aliphatic heterocycles. The fourth-order valence-corrected chi connectivity index (χ4v) is 3.90. The molecule has 0 aromatic rings. The molecule has 6 atom stereocenters. The van der Waals surface area contributed by atoms with Crippen LogP contribution in [0.25, 0.3) is 0 Å². The standard InChI is InChI=1S/C21H38O4/c1-5-7-11-22-16(3)24-14-20-18-9-10-19(13-18)21(20)15-25-17(4)23-12-8-6-2/h9-10,16-21H,5-8,11-15H2,1-4H3. The third-order valence-electron chi connectivity index (χ3n) is 5.55. The molecule has 0 heterocycles. The lowest BCUT2D eigenvalue weighted by atomic mass is 9.84. The first-order valence-corrected chi connectivity index (χ1v) is 10.3. The molecule has 0 aromatic carbocycles. The Morgan fingerprint density at radius 3 is 1.60 bits per heavy atom. The summed E-state index contributed by atoms with van der Waals surface area (Å²) in [6, 6.07) is 0. The van der Waals surface area contributed by atoms with Crippen molar-refractivity contribution in [3.8, 4) is 0 Å². The smallest absolute Gasteiger partial charge is 0.154 e. The highest BCUT2D eigenvalue weighted by atomic mass is 16.7. The summed E-state index contributed by atoms with van der Waals surface area (Å²) in [6.07, 6.45) is 10.3. The molecule has 6 unspecified atom stereocenters. The van der Waals surface area contributed by atoms with Gasteiger partial charge in [-0.1, -0.05) is 38.8 Å². The van der Waals surface area contributed by atoms with E-state index in [0.717, 1.165) is 52.1 Å². The average Bonchev–Trinajstić information content (AvgIpc) is 3.20. The van der Waals surface area contributed by atoms with Crippen molar-refractivity contribution in [2.45, 2.75) is 72.4 Å². The second-order valence-corrected chi connectivity index (χ2v) is 7.53.